The molecule has 1 spiro atoms. The summed E-state index contributed by atoms with van der Waals surface area (Å²) in [4.78, 5) is 19.8. The highest BCUT2D eigenvalue weighted by Crippen LogP contribution is 2.69. The van der Waals surface area contributed by atoms with Gasteiger partial charge in [-0.15, -0.1) is 0 Å². The monoisotopic (exact) mass is 619 g/mol. The van der Waals surface area contributed by atoms with Crippen LogP contribution < -0.4 is 0 Å². The lowest BCUT2D eigenvalue weighted by Gasteiger charge is -2.61. The summed E-state index contributed by atoms with van der Waals surface area (Å²) in [5, 5.41) is 9.38. The summed E-state index contributed by atoms with van der Waals surface area (Å²) in [7, 11) is 0. The van der Waals surface area contributed by atoms with E-state index in [1.807, 2.05) is 48.7 Å². The number of benzene rings is 4. The highest BCUT2D eigenvalue weighted by molar-refractivity contribution is 5.84. The third kappa shape index (κ3) is 4.08. The Hall–Kier alpha value is -5.47. The first kappa shape index (κ1) is 27.6. The number of rotatable bonds is 4. The van der Waals surface area contributed by atoms with Gasteiger partial charge in [-0.1, -0.05) is 78.9 Å². The average Bonchev–Trinajstić information content (AvgIpc) is 3.44. The van der Waals surface area contributed by atoms with E-state index in [1.54, 1.807) is 0 Å². The van der Waals surface area contributed by atoms with E-state index in [0.717, 1.165) is 39.7 Å². The molecule has 5 nitrogen and oxygen atoms in total. The average molecular weight is 620 g/mol. The van der Waals surface area contributed by atoms with Gasteiger partial charge in [0.1, 0.15) is 0 Å². The number of nitrogens with zero attached hydrogens (tertiary/aromatic N) is 5. The second-order valence-electron chi connectivity index (χ2n) is 14.3. The summed E-state index contributed by atoms with van der Waals surface area (Å²) in [5.74, 6) is 5.19. The number of hydrogen-bond acceptors (Lipinski definition) is 5. The van der Waals surface area contributed by atoms with Gasteiger partial charge in [0.05, 0.1) is 11.6 Å². The fourth-order valence-electron chi connectivity index (χ4n) is 10.1. The van der Waals surface area contributed by atoms with Crippen LogP contribution in [0.3, 0.4) is 0 Å². The Morgan fingerprint density at radius 3 is 1.85 bits per heavy atom. The normalized spacial score (nSPS) is 24.3. The van der Waals surface area contributed by atoms with Crippen LogP contribution in [0, 0.1) is 35.0 Å². The quantitative estimate of drug-likeness (QED) is 0.196. The zero-order valence-electron chi connectivity index (χ0n) is 26.6. The van der Waals surface area contributed by atoms with Crippen LogP contribution in [0.2, 0.25) is 0 Å². The van der Waals surface area contributed by atoms with Gasteiger partial charge in [-0.3, -0.25) is 4.98 Å². The third-order valence-electron chi connectivity index (χ3n) is 11.8. The molecule has 4 aromatic carbocycles. The van der Waals surface area contributed by atoms with Crippen molar-refractivity contribution in [2.75, 3.05) is 0 Å². The van der Waals surface area contributed by atoms with Crippen molar-refractivity contribution in [1.29, 1.82) is 5.26 Å². The van der Waals surface area contributed by atoms with E-state index in [-0.39, 0.29) is 5.41 Å². The lowest BCUT2D eigenvalue weighted by atomic mass is 9.43. The van der Waals surface area contributed by atoms with Gasteiger partial charge in [0.25, 0.3) is 0 Å². The van der Waals surface area contributed by atoms with Crippen LogP contribution in [-0.2, 0) is 5.41 Å². The minimum absolute atomic E-state index is 0.105. The molecule has 11 rings (SSSR count). The molecule has 5 aliphatic carbocycles. The second-order valence-corrected chi connectivity index (χ2v) is 14.3. The summed E-state index contributed by atoms with van der Waals surface area (Å²) >= 11 is 0. The van der Waals surface area contributed by atoms with Crippen LogP contribution in [0.5, 0.6) is 0 Å². The molecule has 0 amide bonds. The van der Waals surface area contributed by atoms with E-state index in [1.165, 1.54) is 54.4 Å². The Kier molecular flexibility index (Phi) is 6.05. The maximum absolute atomic E-state index is 9.38. The molecule has 6 aromatic rings. The number of pyridine rings is 1. The number of nitriles is 1. The molecule has 0 aliphatic heterocycles. The second kappa shape index (κ2) is 10.5. The molecule has 48 heavy (non-hydrogen) atoms. The van der Waals surface area contributed by atoms with Gasteiger partial charge >= 0.3 is 0 Å². The van der Waals surface area contributed by atoms with Crippen molar-refractivity contribution in [1.82, 2.24) is 19.9 Å². The van der Waals surface area contributed by atoms with Crippen molar-refractivity contribution >= 4 is 0 Å². The van der Waals surface area contributed by atoms with E-state index in [0.29, 0.717) is 34.9 Å². The molecular weight excluding hydrogens is 587 g/mol. The standard InChI is InChI=1S/C43H33N5/c44-24-26-5-4-8-32(18-26)29-9-11-31(12-10-29)41-46-40(30-6-2-1-3-7-30)47-42(48-41)33-13-14-38-36(23-33)37-25-45-16-15-39(37)43(38)34-19-27-17-28(21-34)22-35(43)20-27/h1-16,18,23,25,27-28,34-35H,17,19-22H2. The number of fused-ring (bicyclic) bond motifs is 3. The lowest BCUT2D eigenvalue weighted by Crippen LogP contribution is -2.55. The van der Waals surface area contributed by atoms with E-state index in [2.05, 4.69) is 77.9 Å². The molecule has 2 aromatic heterocycles. The van der Waals surface area contributed by atoms with Crippen LogP contribution in [0.4, 0.5) is 0 Å². The molecule has 4 saturated carbocycles. The van der Waals surface area contributed by atoms with Crippen molar-refractivity contribution in [3.63, 3.8) is 0 Å². The molecule has 0 N–H and O–H groups in total. The highest BCUT2D eigenvalue weighted by Gasteiger charge is 2.61. The van der Waals surface area contributed by atoms with Crippen LogP contribution in [-0.4, -0.2) is 19.9 Å². The molecule has 230 valence electrons. The van der Waals surface area contributed by atoms with Crippen LogP contribution in [0.25, 0.3) is 56.4 Å². The maximum Gasteiger partial charge on any atom is 0.164 e. The van der Waals surface area contributed by atoms with Crippen LogP contribution in [0.1, 0.15) is 48.8 Å². The summed E-state index contributed by atoms with van der Waals surface area (Å²) in [6.45, 7) is 0. The van der Waals surface area contributed by atoms with Crippen LogP contribution >= 0.6 is 0 Å². The highest BCUT2D eigenvalue weighted by atomic mass is 15.0. The minimum atomic E-state index is 0.105. The summed E-state index contributed by atoms with van der Waals surface area (Å²) in [5.41, 5.74) is 11.2. The molecule has 0 saturated heterocycles. The summed E-state index contributed by atoms with van der Waals surface area (Å²) < 4.78 is 0. The van der Waals surface area contributed by atoms with Gasteiger partial charge in [-0.05, 0) is 108 Å². The van der Waals surface area contributed by atoms with Gasteiger partial charge in [0, 0.05) is 40.1 Å². The Morgan fingerprint density at radius 2 is 1.15 bits per heavy atom. The van der Waals surface area contributed by atoms with E-state index >= 15 is 0 Å². The Balaban J connectivity index is 1.10. The van der Waals surface area contributed by atoms with E-state index < -0.39 is 0 Å². The summed E-state index contributed by atoms with van der Waals surface area (Å²) in [6.07, 6.45) is 11.0. The van der Waals surface area contributed by atoms with Crippen molar-refractivity contribution in [2.45, 2.75) is 37.5 Å². The predicted octanol–water partition coefficient (Wildman–Crippen LogP) is 9.53. The van der Waals surface area contributed by atoms with Gasteiger partial charge < -0.3 is 0 Å². The van der Waals surface area contributed by atoms with Gasteiger partial charge in [0.15, 0.2) is 17.5 Å². The molecule has 0 radical (unpaired) electrons. The number of aromatic nitrogens is 4. The van der Waals surface area contributed by atoms with Crippen molar-refractivity contribution in [2.24, 2.45) is 23.7 Å². The molecule has 2 heterocycles. The van der Waals surface area contributed by atoms with E-state index in [4.69, 9.17) is 15.0 Å². The molecule has 5 heteroatoms. The van der Waals surface area contributed by atoms with Gasteiger partial charge in [0.2, 0.25) is 0 Å². The Morgan fingerprint density at radius 1 is 0.542 bits per heavy atom. The topological polar surface area (TPSA) is 75.3 Å². The molecular formula is C43H33N5. The first-order chi connectivity index (χ1) is 23.7. The zero-order valence-corrected chi connectivity index (χ0v) is 26.6. The maximum atomic E-state index is 9.38. The fourth-order valence-corrected chi connectivity index (χ4v) is 10.1. The van der Waals surface area contributed by atoms with Crippen molar-refractivity contribution < 1.29 is 0 Å². The Bertz CT molecular complexity index is 2240. The molecule has 5 aliphatic rings. The van der Waals surface area contributed by atoms with Gasteiger partial charge in [-0.25, -0.2) is 15.0 Å². The molecule has 4 bridgehead atoms. The first-order valence-electron chi connectivity index (χ1n) is 17.2. The SMILES string of the molecule is N#Cc1cccc(-c2ccc(-c3nc(-c4ccccc4)nc(-c4ccc5c(c4)-c4cnccc4C54C5CC6CC(C5)CC4C6)n3)cc2)c1. The van der Waals surface area contributed by atoms with Gasteiger partial charge in [-0.2, -0.15) is 5.26 Å². The Labute approximate surface area is 280 Å². The number of hydrogen-bond donors (Lipinski definition) is 0. The predicted molar refractivity (Wildman–Crippen MR) is 187 cm³/mol. The van der Waals surface area contributed by atoms with Crippen molar-refractivity contribution in [3.8, 4) is 62.5 Å². The zero-order chi connectivity index (χ0) is 31.8. The largest absolute Gasteiger partial charge is 0.264 e. The summed E-state index contributed by atoms with van der Waals surface area (Å²) in [6, 6.07) is 37.7. The molecule has 0 unspecified atom stereocenters. The first-order valence-corrected chi connectivity index (χ1v) is 17.2. The third-order valence-corrected chi connectivity index (χ3v) is 11.8. The minimum Gasteiger partial charge on any atom is -0.264 e. The lowest BCUT2D eigenvalue weighted by molar-refractivity contribution is -0.0399. The fraction of sp³-hybridized carbons (Fsp3) is 0.233. The smallest absolute Gasteiger partial charge is 0.164 e. The van der Waals surface area contributed by atoms with Crippen LogP contribution in [0.15, 0.2) is 116 Å². The molecule has 0 atom stereocenters. The van der Waals surface area contributed by atoms with E-state index in [9.17, 15) is 5.26 Å². The molecule has 4 fully saturated rings. The van der Waals surface area contributed by atoms with Crippen molar-refractivity contribution in [3.05, 3.63) is 132 Å².